The monoisotopic (exact) mass is 203 g/mol. The molecular formula is C8H9N7. The van der Waals surface area contributed by atoms with Gasteiger partial charge in [-0.15, -0.1) is 16.2 Å². The Balaban J connectivity index is 3.20. The number of aryl methyl sites for hydroxylation is 1. The summed E-state index contributed by atoms with van der Waals surface area (Å²) in [6.07, 6.45) is 0.759. The maximum Gasteiger partial charge on any atom is 0.146 e. The molecule has 7 nitrogen and oxygen atoms in total. The lowest BCUT2D eigenvalue weighted by Crippen LogP contribution is -2.07. The van der Waals surface area contributed by atoms with Crippen molar-refractivity contribution in [2.75, 3.05) is 5.12 Å². The summed E-state index contributed by atoms with van der Waals surface area (Å²) in [6.45, 7) is 1.96. The van der Waals surface area contributed by atoms with Crippen LogP contribution in [0.4, 0.5) is 5.69 Å². The molecule has 1 aromatic rings. The van der Waals surface area contributed by atoms with Crippen LogP contribution in [0.2, 0.25) is 0 Å². The van der Waals surface area contributed by atoms with Gasteiger partial charge in [0.05, 0.1) is 0 Å². The molecule has 0 radical (unpaired) electrons. The van der Waals surface area contributed by atoms with Gasteiger partial charge >= 0.3 is 0 Å². The molecule has 7 heteroatoms. The van der Waals surface area contributed by atoms with E-state index >= 15 is 0 Å². The van der Waals surface area contributed by atoms with Crippen molar-refractivity contribution in [1.29, 1.82) is 0 Å². The molecule has 0 saturated carbocycles. The topological polar surface area (TPSA) is 101 Å². The summed E-state index contributed by atoms with van der Waals surface area (Å²) in [7, 11) is 0. The second-order valence-corrected chi connectivity index (χ2v) is 2.63. The van der Waals surface area contributed by atoms with Crippen molar-refractivity contribution in [2.24, 2.45) is 10.4 Å². The molecule has 0 N–H and O–H groups in total. The van der Waals surface area contributed by atoms with Crippen molar-refractivity contribution in [3.63, 3.8) is 0 Å². The Morgan fingerprint density at radius 3 is 2.33 bits per heavy atom. The maximum atomic E-state index is 8.32. The second-order valence-electron chi connectivity index (χ2n) is 2.63. The Hall–Kier alpha value is -2.36. The highest BCUT2D eigenvalue weighted by molar-refractivity contribution is 5.52. The standard InChI is InChI=1S/C8H9N7/c1-2-7-5-3-4-6-8(7)15(13-11-9)14-12-10/h3-6H,2H2,1H3. The van der Waals surface area contributed by atoms with Crippen LogP contribution >= 0.6 is 0 Å². The molecule has 0 fully saturated rings. The van der Waals surface area contributed by atoms with Crippen molar-refractivity contribution >= 4 is 5.69 Å². The van der Waals surface area contributed by atoms with Crippen molar-refractivity contribution in [2.45, 2.75) is 13.3 Å². The molecule has 0 aliphatic heterocycles. The zero-order valence-corrected chi connectivity index (χ0v) is 8.15. The normalized spacial score (nSPS) is 8.60. The predicted octanol–water partition coefficient (Wildman–Crippen LogP) is 3.51. The van der Waals surface area contributed by atoms with E-state index in [2.05, 4.69) is 20.3 Å². The number of azide groups is 1. The minimum Gasteiger partial charge on any atom is -0.168 e. The first-order chi connectivity index (χ1) is 7.33. The Kier molecular flexibility index (Phi) is 3.85. The maximum absolute atomic E-state index is 8.32. The van der Waals surface area contributed by atoms with Gasteiger partial charge in [0.2, 0.25) is 0 Å². The summed E-state index contributed by atoms with van der Waals surface area (Å²) in [4.78, 5) is 5.18. The third kappa shape index (κ3) is 2.54. The number of para-hydroxylation sites is 1. The van der Waals surface area contributed by atoms with Gasteiger partial charge in [-0.05, 0) is 28.5 Å². The largest absolute Gasteiger partial charge is 0.168 e. The van der Waals surface area contributed by atoms with E-state index in [0.717, 1.165) is 17.1 Å². The van der Waals surface area contributed by atoms with Gasteiger partial charge in [-0.2, -0.15) is 9.82 Å². The zero-order chi connectivity index (χ0) is 11.1. The highest BCUT2D eigenvalue weighted by atomic mass is 15.7. The number of nitrogens with zero attached hydrogens (tertiary/aromatic N) is 7. The van der Waals surface area contributed by atoms with Crippen molar-refractivity contribution in [3.05, 3.63) is 50.7 Å². The van der Waals surface area contributed by atoms with Gasteiger partial charge in [0.25, 0.3) is 0 Å². The number of hydrogen-bond acceptors (Lipinski definition) is 2. The molecule has 0 aliphatic rings. The van der Waals surface area contributed by atoms with Crippen LogP contribution in [0.25, 0.3) is 20.9 Å². The van der Waals surface area contributed by atoms with E-state index < -0.39 is 0 Å². The third-order valence-electron chi connectivity index (χ3n) is 1.84. The number of hydrogen-bond donors (Lipinski definition) is 0. The van der Waals surface area contributed by atoms with Crippen molar-refractivity contribution < 1.29 is 0 Å². The minimum atomic E-state index is 0.593. The first kappa shape index (κ1) is 10.7. The van der Waals surface area contributed by atoms with E-state index in [9.17, 15) is 0 Å². The number of benzene rings is 1. The lowest BCUT2D eigenvalue weighted by atomic mass is 10.1. The van der Waals surface area contributed by atoms with Crippen LogP contribution < -0.4 is 5.12 Å². The third-order valence-corrected chi connectivity index (χ3v) is 1.84. The fourth-order valence-electron chi connectivity index (χ4n) is 1.19. The summed E-state index contributed by atoms with van der Waals surface area (Å²) < 4.78 is 0. The lowest BCUT2D eigenvalue weighted by molar-refractivity contribution is 0.884. The highest BCUT2D eigenvalue weighted by Crippen LogP contribution is 2.21. The zero-order valence-electron chi connectivity index (χ0n) is 8.15. The average Bonchev–Trinajstić information content (AvgIpc) is 2.29. The van der Waals surface area contributed by atoms with E-state index in [1.807, 2.05) is 19.1 Å². The lowest BCUT2D eigenvalue weighted by Gasteiger charge is -2.10. The van der Waals surface area contributed by atoms with Crippen molar-refractivity contribution in [3.8, 4) is 0 Å². The molecule has 0 bridgehead atoms. The molecule has 1 rings (SSSR count). The van der Waals surface area contributed by atoms with Gasteiger partial charge in [0.15, 0.2) is 0 Å². The molecular weight excluding hydrogens is 194 g/mol. The van der Waals surface area contributed by atoms with Gasteiger partial charge in [-0.3, -0.25) is 0 Å². The van der Waals surface area contributed by atoms with Crippen LogP contribution in [-0.2, 0) is 6.42 Å². The Morgan fingerprint density at radius 2 is 1.80 bits per heavy atom. The molecule has 0 amide bonds. The second kappa shape index (κ2) is 5.39. The summed E-state index contributed by atoms with van der Waals surface area (Å²) in [5.74, 6) is 0. The minimum absolute atomic E-state index is 0.593. The summed E-state index contributed by atoms with van der Waals surface area (Å²) >= 11 is 0. The first-order valence-corrected chi connectivity index (χ1v) is 4.31. The predicted molar refractivity (Wildman–Crippen MR) is 56.6 cm³/mol. The van der Waals surface area contributed by atoms with E-state index in [0.29, 0.717) is 5.69 Å². The van der Waals surface area contributed by atoms with Gasteiger partial charge in [-0.1, -0.05) is 25.1 Å². The van der Waals surface area contributed by atoms with Gasteiger partial charge in [-0.25, -0.2) is 0 Å². The fraction of sp³-hybridized carbons (Fsp3) is 0.250. The van der Waals surface area contributed by atoms with Gasteiger partial charge < -0.3 is 0 Å². The summed E-state index contributed by atoms with van der Waals surface area (Å²) in [6, 6.07) is 7.25. The first-order valence-electron chi connectivity index (χ1n) is 4.31. The van der Waals surface area contributed by atoms with Gasteiger partial charge in [0, 0.05) is 0 Å². The molecule has 0 atom stereocenters. The molecule has 0 unspecified atom stereocenters. The molecule has 0 aromatic heterocycles. The van der Waals surface area contributed by atoms with E-state index in [1.54, 1.807) is 12.1 Å². The van der Waals surface area contributed by atoms with E-state index in [4.69, 9.17) is 11.1 Å². The van der Waals surface area contributed by atoms with Crippen LogP contribution in [0, 0.1) is 0 Å². The summed E-state index contributed by atoms with van der Waals surface area (Å²) in [5, 5.41) is 7.50. The smallest absolute Gasteiger partial charge is 0.146 e. The van der Waals surface area contributed by atoms with E-state index in [-0.39, 0.29) is 0 Å². The van der Waals surface area contributed by atoms with Crippen molar-refractivity contribution in [1.82, 2.24) is 0 Å². The van der Waals surface area contributed by atoms with Crippen LogP contribution in [0.5, 0.6) is 0 Å². The average molecular weight is 203 g/mol. The van der Waals surface area contributed by atoms with Crippen LogP contribution in [0.15, 0.2) is 34.7 Å². The molecule has 0 aliphatic carbocycles. The number of anilines is 1. The fourth-order valence-corrected chi connectivity index (χ4v) is 1.19. The van der Waals surface area contributed by atoms with Gasteiger partial charge in [0.1, 0.15) is 5.69 Å². The Morgan fingerprint density at radius 1 is 1.20 bits per heavy atom. The van der Waals surface area contributed by atoms with Crippen LogP contribution in [0.1, 0.15) is 12.5 Å². The van der Waals surface area contributed by atoms with Crippen LogP contribution in [0.3, 0.4) is 0 Å². The molecule has 76 valence electrons. The molecule has 0 spiro atoms. The molecule has 0 heterocycles. The SMILES string of the molecule is CCc1ccccc1N(N=[N+]=[N-])N=[N+]=[N-]. The Labute approximate surface area is 86.1 Å². The van der Waals surface area contributed by atoms with E-state index in [1.165, 1.54) is 0 Å². The number of rotatable bonds is 4. The van der Waals surface area contributed by atoms with Crippen LogP contribution in [-0.4, -0.2) is 0 Å². The molecule has 1 aromatic carbocycles. The summed E-state index contributed by atoms with van der Waals surface area (Å²) in [5.41, 5.74) is 18.2. The highest BCUT2D eigenvalue weighted by Gasteiger charge is 2.09. The Bertz CT molecular complexity index is 410. The quantitative estimate of drug-likeness (QED) is 0.318. The molecule has 0 saturated heterocycles. The molecule has 15 heavy (non-hydrogen) atoms.